The minimum absolute atomic E-state index is 0.289. The molecule has 3 nitrogen and oxygen atoms in total. The van der Waals surface area contributed by atoms with E-state index in [4.69, 9.17) is 5.73 Å². The van der Waals surface area contributed by atoms with E-state index in [1.165, 1.54) is 0 Å². The lowest BCUT2D eigenvalue weighted by Gasteiger charge is -2.37. The summed E-state index contributed by atoms with van der Waals surface area (Å²) in [5.74, 6) is 2.90. The van der Waals surface area contributed by atoms with Crippen LogP contribution in [0.1, 0.15) is 45.4 Å². The van der Waals surface area contributed by atoms with Gasteiger partial charge in [0.15, 0.2) is 0 Å². The molecule has 0 aromatic heterocycles. The lowest BCUT2D eigenvalue weighted by atomic mass is 9.90. The molecule has 18 heavy (non-hydrogen) atoms. The number of hydrogen-bond donors (Lipinski definition) is 1. The molecule has 2 aliphatic rings. The summed E-state index contributed by atoms with van der Waals surface area (Å²) in [6, 6.07) is 0.824. The first-order valence-corrected chi connectivity index (χ1v) is 8.51. The van der Waals surface area contributed by atoms with E-state index < -0.39 is 0 Å². The predicted molar refractivity (Wildman–Crippen MR) is 77.7 cm³/mol. The molecular formula is C14H26N2OS. The molecule has 104 valence electrons. The van der Waals surface area contributed by atoms with E-state index in [2.05, 4.69) is 11.8 Å². The van der Waals surface area contributed by atoms with E-state index in [9.17, 15) is 4.79 Å². The summed E-state index contributed by atoms with van der Waals surface area (Å²) in [4.78, 5) is 14.8. The maximum absolute atomic E-state index is 12.6. The van der Waals surface area contributed by atoms with Gasteiger partial charge in [0.25, 0.3) is 0 Å². The minimum atomic E-state index is 0.289. The van der Waals surface area contributed by atoms with Crippen molar-refractivity contribution in [2.45, 2.75) is 57.5 Å². The van der Waals surface area contributed by atoms with Gasteiger partial charge in [-0.15, -0.1) is 0 Å². The second kappa shape index (κ2) is 6.80. The predicted octanol–water partition coefficient (Wildman–Crippen LogP) is 2.25. The highest BCUT2D eigenvalue weighted by Gasteiger charge is 2.32. The van der Waals surface area contributed by atoms with Crippen molar-refractivity contribution in [2.75, 3.05) is 18.1 Å². The fourth-order valence-electron chi connectivity index (χ4n) is 3.09. The molecule has 1 aliphatic heterocycles. The summed E-state index contributed by atoms with van der Waals surface area (Å²) in [5, 5.41) is 0. The Morgan fingerprint density at radius 3 is 2.56 bits per heavy atom. The lowest BCUT2D eigenvalue weighted by Crippen LogP contribution is -2.47. The summed E-state index contributed by atoms with van der Waals surface area (Å²) < 4.78 is 0. The molecule has 1 amide bonds. The first-order valence-electron chi connectivity index (χ1n) is 7.36. The van der Waals surface area contributed by atoms with Crippen LogP contribution in [0.4, 0.5) is 0 Å². The minimum Gasteiger partial charge on any atom is -0.339 e. The molecule has 1 atom stereocenters. The van der Waals surface area contributed by atoms with Crippen LogP contribution < -0.4 is 5.73 Å². The van der Waals surface area contributed by atoms with Gasteiger partial charge in [-0.3, -0.25) is 4.79 Å². The van der Waals surface area contributed by atoms with Gasteiger partial charge < -0.3 is 10.6 Å². The normalized spacial score (nSPS) is 32.4. The molecule has 2 N–H and O–H groups in total. The number of carbonyl (C=O) groups is 1. The summed E-state index contributed by atoms with van der Waals surface area (Å²) in [6.45, 7) is 3.10. The molecule has 2 rings (SSSR count). The van der Waals surface area contributed by atoms with Gasteiger partial charge in [-0.25, -0.2) is 0 Å². The third kappa shape index (κ3) is 3.41. The number of carbonyl (C=O) groups excluding carboxylic acids is 1. The molecule has 0 bridgehead atoms. The van der Waals surface area contributed by atoms with Crippen LogP contribution in [-0.2, 0) is 4.79 Å². The second-order valence-electron chi connectivity index (χ2n) is 5.66. The maximum atomic E-state index is 12.6. The molecule has 1 aliphatic carbocycles. The van der Waals surface area contributed by atoms with Crippen molar-refractivity contribution in [3.05, 3.63) is 0 Å². The Labute approximate surface area is 115 Å². The van der Waals surface area contributed by atoms with E-state index in [0.717, 1.165) is 56.6 Å². The fourth-order valence-corrected chi connectivity index (χ4v) is 4.30. The summed E-state index contributed by atoms with van der Waals surface area (Å²) >= 11 is 1.93. The lowest BCUT2D eigenvalue weighted by molar-refractivity contribution is -0.137. The molecule has 0 aromatic rings. The Kier molecular flexibility index (Phi) is 5.37. The highest BCUT2D eigenvalue weighted by molar-refractivity contribution is 7.99. The largest absolute Gasteiger partial charge is 0.339 e. The molecule has 0 aromatic carbocycles. The van der Waals surface area contributed by atoms with Crippen LogP contribution in [-0.4, -0.2) is 40.9 Å². The number of rotatable bonds is 4. The van der Waals surface area contributed by atoms with Crippen molar-refractivity contribution in [1.82, 2.24) is 4.90 Å². The van der Waals surface area contributed by atoms with Crippen molar-refractivity contribution in [3.63, 3.8) is 0 Å². The molecule has 0 spiro atoms. The van der Waals surface area contributed by atoms with Crippen LogP contribution in [0.2, 0.25) is 0 Å². The van der Waals surface area contributed by atoms with Crippen molar-refractivity contribution in [1.29, 1.82) is 0 Å². The third-order valence-electron chi connectivity index (χ3n) is 4.21. The smallest absolute Gasteiger partial charge is 0.226 e. The number of hydrogen-bond acceptors (Lipinski definition) is 3. The van der Waals surface area contributed by atoms with Crippen LogP contribution >= 0.6 is 11.8 Å². The van der Waals surface area contributed by atoms with Gasteiger partial charge in [-0.2, -0.15) is 11.8 Å². The highest BCUT2D eigenvalue weighted by atomic mass is 32.2. The number of thioether (sulfide) groups is 1. The molecule has 4 heteroatoms. The molecule has 1 saturated carbocycles. The zero-order valence-corrected chi connectivity index (χ0v) is 12.3. The summed E-state index contributed by atoms with van der Waals surface area (Å²) in [5.41, 5.74) is 5.96. The van der Waals surface area contributed by atoms with Gasteiger partial charge in [0, 0.05) is 30.3 Å². The van der Waals surface area contributed by atoms with Crippen molar-refractivity contribution in [3.8, 4) is 0 Å². The van der Waals surface area contributed by atoms with Crippen LogP contribution in [0.3, 0.4) is 0 Å². The number of nitrogens with zero attached hydrogens (tertiary/aromatic N) is 1. The Hall–Kier alpha value is -0.220. The van der Waals surface area contributed by atoms with Crippen molar-refractivity contribution < 1.29 is 4.79 Å². The zero-order chi connectivity index (χ0) is 13.0. The van der Waals surface area contributed by atoms with Crippen molar-refractivity contribution in [2.24, 2.45) is 11.7 Å². The van der Waals surface area contributed by atoms with E-state index >= 15 is 0 Å². The molecule has 1 saturated heterocycles. The van der Waals surface area contributed by atoms with Crippen LogP contribution in [0.5, 0.6) is 0 Å². The monoisotopic (exact) mass is 270 g/mol. The Balaban J connectivity index is 1.95. The van der Waals surface area contributed by atoms with Gasteiger partial charge in [0.2, 0.25) is 5.91 Å². The SMILES string of the molecule is CCCN(C(=O)C1CCSC1)C1CCC(N)CC1. The van der Waals surface area contributed by atoms with Gasteiger partial charge in [0.1, 0.15) is 0 Å². The Morgan fingerprint density at radius 1 is 1.28 bits per heavy atom. The Morgan fingerprint density at radius 2 is 2.00 bits per heavy atom. The topological polar surface area (TPSA) is 46.3 Å². The van der Waals surface area contributed by atoms with Crippen LogP contribution in [0, 0.1) is 5.92 Å². The first kappa shape index (κ1) is 14.2. The van der Waals surface area contributed by atoms with Crippen molar-refractivity contribution >= 4 is 17.7 Å². The molecule has 2 fully saturated rings. The van der Waals surface area contributed by atoms with E-state index in [0.29, 0.717) is 18.0 Å². The van der Waals surface area contributed by atoms with Gasteiger partial charge >= 0.3 is 0 Å². The molecular weight excluding hydrogens is 244 g/mol. The van der Waals surface area contributed by atoms with E-state index in [-0.39, 0.29) is 5.92 Å². The average molecular weight is 270 g/mol. The standard InChI is InChI=1S/C14H26N2OS/c1-2-8-16(13-5-3-12(15)4-6-13)14(17)11-7-9-18-10-11/h11-13H,2-10,15H2,1H3. The molecule has 1 unspecified atom stereocenters. The molecule has 1 heterocycles. The van der Waals surface area contributed by atoms with Crippen LogP contribution in [0.15, 0.2) is 0 Å². The first-order chi connectivity index (χ1) is 8.72. The Bertz CT molecular complexity index is 271. The summed E-state index contributed by atoms with van der Waals surface area (Å²) in [6.07, 6.45) is 6.51. The van der Waals surface area contributed by atoms with Gasteiger partial charge in [0.05, 0.1) is 0 Å². The quantitative estimate of drug-likeness (QED) is 0.852. The van der Waals surface area contributed by atoms with E-state index in [1.807, 2.05) is 11.8 Å². The maximum Gasteiger partial charge on any atom is 0.226 e. The number of amides is 1. The third-order valence-corrected chi connectivity index (χ3v) is 5.37. The van der Waals surface area contributed by atoms with Gasteiger partial charge in [-0.1, -0.05) is 6.92 Å². The van der Waals surface area contributed by atoms with Crippen LogP contribution in [0.25, 0.3) is 0 Å². The van der Waals surface area contributed by atoms with Gasteiger partial charge in [-0.05, 0) is 44.3 Å². The zero-order valence-electron chi connectivity index (χ0n) is 11.4. The number of nitrogens with two attached hydrogens (primary N) is 1. The average Bonchev–Trinajstić information content (AvgIpc) is 2.90. The highest BCUT2D eigenvalue weighted by Crippen LogP contribution is 2.29. The second-order valence-corrected chi connectivity index (χ2v) is 6.81. The summed E-state index contributed by atoms with van der Waals surface area (Å²) in [7, 11) is 0. The fraction of sp³-hybridized carbons (Fsp3) is 0.929. The van der Waals surface area contributed by atoms with E-state index in [1.54, 1.807) is 0 Å². The molecule has 0 radical (unpaired) electrons.